The number of aromatic nitrogens is 4. The number of hydrogen-bond acceptors (Lipinski definition) is 4. The molecule has 3 aromatic rings. The maximum Gasteiger partial charge on any atom is 0.332 e. The van der Waals surface area contributed by atoms with Crippen LogP contribution in [0.5, 0.6) is 0 Å². The molecule has 0 saturated carbocycles. The smallest absolute Gasteiger partial charge is 0.332 e. The molecule has 0 atom stereocenters. The highest BCUT2D eigenvalue weighted by molar-refractivity contribution is 5.69. The van der Waals surface area contributed by atoms with E-state index in [-0.39, 0.29) is 11.2 Å². The Hall–Kier alpha value is -2.67. The quantitative estimate of drug-likeness (QED) is 0.652. The first-order valence-electron chi connectivity index (χ1n) is 7.97. The van der Waals surface area contributed by atoms with Crippen molar-refractivity contribution in [3.8, 4) is 0 Å². The Morgan fingerprint density at radius 2 is 1.88 bits per heavy atom. The Morgan fingerprint density at radius 3 is 2.62 bits per heavy atom. The summed E-state index contributed by atoms with van der Waals surface area (Å²) in [6.07, 6.45) is 1.61. The van der Waals surface area contributed by atoms with Gasteiger partial charge in [-0.1, -0.05) is 30.3 Å². The molecule has 0 radical (unpaired) electrons. The van der Waals surface area contributed by atoms with Gasteiger partial charge in [0.05, 0.1) is 0 Å². The van der Waals surface area contributed by atoms with E-state index >= 15 is 0 Å². The first-order valence-corrected chi connectivity index (χ1v) is 7.97. The van der Waals surface area contributed by atoms with Crippen molar-refractivity contribution >= 4 is 11.2 Å². The first-order chi connectivity index (χ1) is 11.6. The average Bonchev–Trinajstić information content (AvgIpc) is 3.03. The Labute approximate surface area is 139 Å². The lowest BCUT2D eigenvalue weighted by molar-refractivity contribution is 0.641. The van der Waals surface area contributed by atoms with E-state index in [2.05, 4.69) is 27.4 Å². The Balaban J connectivity index is 1.62. The molecule has 126 valence electrons. The number of fused-ring (bicyclic) bond motifs is 1. The summed E-state index contributed by atoms with van der Waals surface area (Å²) in [6.45, 7) is 1.68. The van der Waals surface area contributed by atoms with Crippen molar-refractivity contribution in [2.75, 3.05) is 6.54 Å². The lowest BCUT2D eigenvalue weighted by atomic mass is 10.2. The fraction of sp³-hybridized carbons (Fsp3) is 0.353. The Kier molecular flexibility index (Phi) is 4.61. The number of aryl methyl sites for hydroxylation is 2. The zero-order chi connectivity index (χ0) is 17.1. The van der Waals surface area contributed by atoms with Gasteiger partial charge in [0.1, 0.15) is 11.3 Å². The van der Waals surface area contributed by atoms with Gasteiger partial charge in [0, 0.05) is 27.1 Å². The number of imidazole rings is 1. The van der Waals surface area contributed by atoms with Gasteiger partial charge in [0.2, 0.25) is 0 Å². The van der Waals surface area contributed by atoms with E-state index in [0.29, 0.717) is 17.6 Å². The molecule has 0 amide bonds. The Morgan fingerprint density at radius 1 is 1.12 bits per heavy atom. The molecule has 0 aliphatic carbocycles. The highest BCUT2D eigenvalue weighted by Gasteiger charge is 2.12. The van der Waals surface area contributed by atoms with Crippen LogP contribution in [-0.2, 0) is 27.1 Å². The van der Waals surface area contributed by atoms with Crippen molar-refractivity contribution in [2.24, 2.45) is 14.1 Å². The van der Waals surface area contributed by atoms with Gasteiger partial charge in [-0.2, -0.15) is 0 Å². The molecule has 2 N–H and O–H groups in total. The zero-order valence-electron chi connectivity index (χ0n) is 13.9. The van der Waals surface area contributed by atoms with Crippen LogP contribution in [0.2, 0.25) is 0 Å². The van der Waals surface area contributed by atoms with Crippen molar-refractivity contribution in [2.45, 2.75) is 19.4 Å². The summed E-state index contributed by atoms with van der Waals surface area (Å²) < 4.78 is 2.48. The van der Waals surface area contributed by atoms with Crippen LogP contribution in [0.25, 0.3) is 11.2 Å². The van der Waals surface area contributed by atoms with Crippen LogP contribution in [0.3, 0.4) is 0 Å². The number of benzene rings is 1. The van der Waals surface area contributed by atoms with Crippen LogP contribution in [-0.4, -0.2) is 25.6 Å². The first kappa shape index (κ1) is 16.2. The molecule has 0 spiro atoms. The van der Waals surface area contributed by atoms with Gasteiger partial charge >= 0.3 is 5.69 Å². The van der Waals surface area contributed by atoms with Crippen LogP contribution in [0.4, 0.5) is 0 Å². The minimum absolute atomic E-state index is 0.339. The summed E-state index contributed by atoms with van der Waals surface area (Å²) in [5.74, 6) is 0.727. The van der Waals surface area contributed by atoms with E-state index in [4.69, 9.17) is 0 Å². The molecule has 0 unspecified atom stereocenters. The number of hydrogen-bond donors (Lipinski definition) is 2. The van der Waals surface area contributed by atoms with Crippen molar-refractivity contribution in [3.63, 3.8) is 0 Å². The molecule has 2 heterocycles. The van der Waals surface area contributed by atoms with E-state index in [1.165, 1.54) is 17.2 Å². The molecule has 0 bridgehead atoms. The normalized spacial score (nSPS) is 11.2. The zero-order valence-corrected chi connectivity index (χ0v) is 13.9. The molecule has 7 heteroatoms. The van der Waals surface area contributed by atoms with E-state index in [1.807, 2.05) is 18.2 Å². The highest BCUT2D eigenvalue weighted by Crippen LogP contribution is 2.06. The van der Waals surface area contributed by atoms with Crippen LogP contribution >= 0.6 is 0 Å². The molecule has 0 fully saturated rings. The summed E-state index contributed by atoms with van der Waals surface area (Å²) >= 11 is 0. The predicted octanol–water partition coefficient (Wildman–Crippen LogP) is 0.683. The molecule has 24 heavy (non-hydrogen) atoms. The molecule has 3 rings (SSSR count). The fourth-order valence-corrected chi connectivity index (χ4v) is 2.70. The molecule has 0 aliphatic heterocycles. The van der Waals surface area contributed by atoms with Gasteiger partial charge < -0.3 is 10.3 Å². The van der Waals surface area contributed by atoms with E-state index in [9.17, 15) is 9.59 Å². The van der Waals surface area contributed by atoms with Gasteiger partial charge in [-0.3, -0.25) is 13.9 Å². The van der Waals surface area contributed by atoms with Crippen LogP contribution in [0.1, 0.15) is 17.8 Å². The second-order valence-corrected chi connectivity index (χ2v) is 5.85. The minimum atomic E-state index is -0.366. The lowest BCUT2D eigenvalue weighted by Gasteiger charge is -2.03. The lowest BCUT2D eigenvalue weighted by Crippen LogP contribution is -2.36. The molecule has 0 saturated heterocycles. The standard InChI is InChI=1S/C17H21N5O2/c1-21-15-14(16(23)22(2)17(21)24)19-13(20-15)9-6-10-18-11-12-7-4-3-5-8-12/h3-5,7-8,18H,6,9-11H2,1-2H3,(H,19,20). The van der Waals surface area contributed by atoms with Crippen molar-refractivity contribution in [3.05, 3.63) is 62.6 Å². The monoisotopic (exact) mass is 327 g/mol. The third-order valence-electron chi connectivity index (χ3n) is 4.08. The van der Waals surface area contributed by atoms with Crippen LogP contribution in [0, 0.1) is 0 Å². The third-order valence-corrected chi connectivity index (χ3v) is 4.08. The van der Waals surface area contributed by atoms with E-state index in [1.54, 1.807) is 7.05 Å². The molecule has 1 aromatic carbocycles. The van der Waals surface area contributed by atoms with Crippen LogP contribution < -0.4 is 16.6 Å². The largest absolute Gasteiger partial charge is 0.336 e. The number of rotatable bonds is 6. The molecule has 2 aromatic heterocycles. The van der Waals surface area contributed by atoms with Gasteiger partial charge in [-0.25, -0.2) is 9.78 Å². The van der Waals surface area contributed by atoms with E-state index < -0.39 is 0 Å². The van der Waals surface area contributed by atoms with Crippen LogP contribution in [0.15, 0.2) is 39.9 Å². The maximum absolute atomic E-state index is 12.1. The molecular weight excluding hydrogens is 306 g/mol. The second-order valence-electron chi connectivity index (χ2n) is 5.85. The average molecular weight is 327 g/mol. The predicted molar refractivity (Wildman–Crippen MR) is 93.0 cm³/mol. The van der Waals surface area contributed by atoms with Crippen molar-refractivity contribution in [1.29, 1.82) is 0 Å². The van der Waals surface area contributed by atoms with E-state index in [0.717, 1.165) is 29.9 Å². The van der Waals surface area contributed by atoms with Gasteiger partial charge in [-0.15, -0.1) is 0 Å². The van der Waals surface area contributed by atoms with Gasteiger partial charge in [0.25, 0.3) is 5.56 Å². The second kappa shape index (κ2) is 6.84. The highest BCUT2D eigenvalue weighted by atomic mass is 16.2. The maximum atomic E-state index is 12.1. The number of aromatic amines is 1. The molecule has 7 nitrogen and oxygen atoms in total. The number of H-pyrrole nitrogens is 1. The number of nitrogens with one attached hydrogen (secondary N) is 2. The summed E-state index contributed by atoms with van der Waals surface area (Å²) in [7, 11) is 3.09. The minimum Gasteiger partial charge on any atom is -0.336 e. The summed E-state index contributed by atoms with van der Waals surface area (Å²) in [5.41, 5.74) is 1.34. The molecule has 0 aliphatic rings. The summed E-state index contributed by atoms with van der Waals surface area (Å²) in [6, 6.07) is 10.2. The van der Waals surface area contributed by atoms with Gasteiger partial charge in [0.15, 0.2) is 5.65 Å². The van der Waals surface area contributed by atoms with Crippen molar-refractivity contribution < 1.29 is 0 Å². The fourth-order valence-electron chi connectivity index (χ4n) is 2.70. The SMILES string of the molecule is Cn1c(=O)c2[nH]c(CCCNCc3ccccc3)nc2n(C)c1=O. The topological polar surface area (TPSA) is 84.7 Å². The van der Waals surface area contributed by atoms with Crippen molar-refractivity contribution in [1.82, 2.24) is 24.4 Å². The summed E-state index contributed by atoms with van der Waals surface area (Å²) in [4.78, 5) is 31.5. The third kappa shape index (κ3) is 3.16. The Bertz CT molecular complexity index is 953. The molecular formula is C17H21N5O2. The van der Waals surface area contributed by atoms with Gasteiger partial charge in [-0.05, 0) is 18.5 Å². The number of nitrogens with zero attached hydrogens (tertiary/aromatic N) is 3. The summed E-state index contributed by atoms with van der Waals surface area (Å²) in [5, 5.41) is 3.38.